The van der Waals surface area contributed by atoms with Gasteiger partial charge in [-0.1, -0.05) is 23.2 Å². The van der Waals surface area contributed by atoms with Gasteiger partial charge in [-0.15, -0.1) is 0 Å². The van der Waals surface area contributed by atoms with Crippen molar-refractivity contribution in [1.29, 1.82) is 0 Å². The number of carbonyl (C=O) groups is 1. The Balaban J connectivity index is 2.87. The van der Waals surface area contributed by atoms with Crippen molar-refractivity contribution < 1.29 is 14.6 Å². The highest BCUT2D eigenvalue weighted by Gasteiger charge is 2.13. The van der Waals surface area contributed by atoms with Gasteiger partial charge >= 0.3 is 6.16 Å². The van der Waals surface area contributed by atoms with Crippen molar-refractivity contribution in [3.63, 3.8) is 0 Å². The van der Waals surface area contributed by atoms with Gasteiger partial charge in [0.15, 0.2) is 5.15 Å². The van der Waals surface area contributed by atoms with E-state index in [1.807, 2.05) is 0 Å². The molecule has 0 aliphatic rings. The molecule has 4 nitrogen and oxygen atoms in total. The number of hydrogen-bond acceptors (Lipinski definition) is 4. The molecule has 0 aliphatic heterocycles. The zero-order valence-corrected chi connectivity index (χ0v) is 7.20. The highest BCUT2D eigenvalue weighted by Crippen LogP contribution is 2.35. The fourth-order valence-corrected chi connectivity index (χ4v) is 1.41. The molecule has 1 rings (SSSR count). The molecule has 1 N–H and O–H groups in total. The molecule has 0 atom stereocenters. The molecule has 0 saturated heterocycles. The Labute approximate surface area is 75.5 Å². The first-order valence-electron chi connectivity index (χ1n) is 2.32. The highest BCUT2D eigenvalue weighted by molar-refractivity contribution is 7.09. The Bertz CT molecular complexity index is 287. The second-order valence-corrected chi connectivity index (χ2v) is 2.91. The molecule has 0 saturated carbocycles. The van der Waals surface area contributed by atoms with Crippen LogP contribution in [0.25, 0.3) is 0 Å². The van der Waals surface area contributed by atoms with Crippen molar-refractivity contribution in [2.45, 2.75) is 0 Å². The third-order valence-corrected chi connectivity index (χ3v) is 2.41. The van der Waals surface area contributed by atoms with Crippen LogP contribution in [0.5, 0.6) is 5.06 Å². The zero-order valence-electron chi connectivity index (χ0n) is 4.88. The lowest BCUT2D eigenvalue weighted by Gasteiger charge is -1.92. The highest BCUT2D eigenvalue weighted by atomic mass is 35.5. The fourth-order valence-electron chi connectivity index (χ4n) is 0.389. The standard InChI is InChI=1S/C4HCl2NO3S/c5-1-2(6)7-11-3(1)10-4(8)9/h(H,8,9). The van der Waals surface area contributed by atoms with Crippen LogP contribution in [0.3, 0.4) is 0 Å². The Kier molecular flexibility index (Phi) is 2.53. The summed E-state index contributed by atoms with van der Waals surface area (Å²) >= 11 is 11.7. The maximum atomic E-state index is 9.99. The summed E-state index contributed by atoms with van der Waals surface area (Å²) in [5.74, 6) is 0. The zero-order chi connectivity index (χ0) is 8.43. The second kappa shape index (κ2) is 3.25. The van der Waals surface area contributed by atoms with Crippen molar-refractivity contribution in [3.05, 3.63) is 10.2 Å². The number of hydrogen-bond donors (Lipinski definition) is 1. The van der Waals surface area contributed by atoms with Crippen molar-refractivity contribution >= 4 is 40.9 Å². The molecule has 0 radical (unpaired) electrons. The van der Waals surface area contributed by atoms with Crippen LogP contribution in [0.1, 0.15) is 0 Å². The van der Waals surface area contributed by atoms with E-state index in [1.54, 1.807) is 0 Å². The van der Waals surface area contributed by atoms with Crippen LogP contribution in [0.2, 0.25) is 10.2 Å². The normalized spacial score (nSPS) is 9.64. The summed E-state index contributed by atoms with van der Waals surface area (Å²) in [6.45, 7) is 0. The Morgan fingerprint density at radius 2 is 2.27 bits per heavy atom. The number of carboxylic acid groups (broad SMARTS) is 1. The quantitative estimate of drug-likeness (QED) is 0.729. The lowest BCUT2D eigenvalue weighted by Crippen LogP contribution is -2.01. The van der Waals surface area contributed by atoms with Crippen molar-refractivity contribution in [1.82, 2.24) is 4.37 Å². The molecule has 60 valence electrons. The van der Waals surface area contributed by atoms with Gasteiger partial charge < -0.3 is 9.84 Å². The summed E-state index contributed by atoms with van der Waals surface area (Å²) in [5.41, 5.74) is 0. The molecule has 0 spiro atoms. The number of rotatable bonds is 1. The maximum absolute atomic E-state index is 9.99. The van der Waals surface area contributed by atoms with E-state index in [9.17, 15) is 4.79 Å². The van der Waals surface area contributed by atoms with Crippen LogP contribution < -0.4 is 4.74 Å². The van der Waals surface area contributed by atoms with Gasteiger partial charge in [-0.05, 0) is 0 Å². The van der Waals surface area contributed by atoms with E-state index in [0.29, 0.717) is 0 Å². The molecule has 0 aliphatic carbocycles. The molecule has 1 heterocycles. The molecular weight excluding hydrogens is 213 g/mol. The third kappa shape index (κ3) is 1.95. The smallest absolute Gasteiger partial charge is 0.449 e. The fraction of sp³-hybridized carbons (Fsp3) is 0. The molecule has 0 fully saturated rings. The minimum atomic E-state index is -1.44. The first kappa shape index (κ1) is 8.58. The summed E-state index contributed by atoms with van der Waals surface area (Å²) in [7, 11) is 0. The van der Waals surface area contributed by atoms with E-state index in [1.165, 1.54) is 0 Å². The van der Waals surface area contributed by atoms with Gasteiger partial charge in [-0.2, -0.15) is 4.37 Å². The van der Waals surface area contributed by atoms with Crippen LogP contribution in [0, 0.1) is 0 Å². The molecule has 11 heavy (non-hydrogen) atoms. The Hall–Kier alpha value is -0.520. The van der Waals surface area contributed by atoms with E-state index in [-0.39, 0.29) is 15.2 Å². The van der Waals surface area contributed by atoms with Crippen LogP contribution in [0.4, 0.5) is 4.79 Å². The van der Waals surface area contributed by atoms with Crippen LogP contribution in [-0.4, -0.2) is 15.6 Å². The molecule has 0 amide bonds. The maximum Gasteiger partial charge on any atom is 0.512 e. The van der Waals surface area contributed by atoms with Crippen molar-refractivity contribution in [2.24, 2.45) is 0 Å². The molecule has 1 aromatic rings. The van der Waals surface area contributed by atoms with E-state index in [4.69, 9.17) is 28.3 Å². The predicted octanol–water partition coefficient (Wildman–Crippen LogP) is 2.51. The van der Waals surface area contributed by atoms with Crippen LogP contribution in [-0.2, 0) is 0 Å². The Morgan fingerprint density at radius 3 is 2.64 bits per heavy atom. The van der Waals surface area contributed by atoms with Gasteiger partial charge in [0.25, 0.3) is 0 Å². The van der Waals surface area contributed by atoms with Crippen molar-refractivity contribution in [2.75, 3.05) is 0 Å². The molecule has 1 aromatic heterocycles. The molecule has 0 bridgehead atoms. The SMILES string of the molecule is O=C(O)Oc1snc(Cl)c1Cl. The summed E-state index contributed by atoms with van der Waals surface area (Å²) in [6.07, 6.45) is -1.44. The molecule has 7 heteroatoms. The molecule has 0 aromatic carbocycles. The van der Waals surface area contributed by atoms with Crippen LogP contribution in [0.15, 0.2) is 0 Å². The summed E-state index contributed by atoms with van der Waals surface area (Å²) < 4.78 is 7.78. The van der Waals surface area contributed by atoms with Gasteiger partial charge in [0.1, 0.15) is 5.02 Å². The predicted molar refractivity (Wildman–Crippen MR) is 40.8 cm³/mol. The topological polar surface area (TPSA) is 59.4 Å². The van der Waals surface area contributed by atoms with Gasteiger partial charge in [0, 0.05) is 11.5 Å². The average molecular weight is 214 g/mol. The largest absolute Gasteiger partial charge is 0.512 e. The Morgan fingerprint density at radius 1 is 1.64 bits per heavy atom. The first-order valence-corrected chi connectivity index (χ1v) is 3.85. The van der Waals surface area contributed by atoms with Gasteiger partial charge in [-0.25, -0.2) is 4.79 Å². The number of ether oxygens (including phenoxy) is 1. The van der Waals surface area contributed by atoms with Gasteiger partial charge in [0.05, 0.1) is 0 Å². The van der Waals surface area contributed by atoms with E-state index in [0.717, 1.165) is 11.5 Å². The minimum Gasteiger partial charge on any atom is -0.449 e. The number of aromatic nitrogens is 1. The number of halogens is 2. The third-order valence-electron chi connectivity index (χ3n) is 0.749. The summed E-state index contributed by atoms with van der Waals surface area (Å²) in [6, 6.07) is 0. The van der Waals surface area contributed by atoms with Gasteiger partial charge in [0.2, 0.25) is 5.06 Å². The summed E-state index contributed by atoms with van der Waals surface area (Å²) in [5, 5.41) is 8.22. The minimum absolute atomic E-state index is 0.0100. The molecular formula is C4HCl2NO3S. The van der Waals surface area contributed by atoms with Gasteiger partial charge in [-0.3, -0.25) is 0 Å². The average Bonchev–Trinajstić information content (AvgIpc) is 2.18. The van der Waals surface area contributed by atoms with Crippen LogP contribution >= 0.6 is 34.7 Å². The van der Waals surface area contributed by atoms with Crippen molar-refractivity contribution in [3.8, 4) is 5.06 Å². The summed E-state index contributed by atoms with van der Waals surface area (Å²) in [4.78, 5) is 9.99. The van der Waals surface area contributed by atoms with E-state index in [2.05, 4.69) is 9.11 Å². The lowest BCUT2D eigenvalue weighted by atomic mass is 10.7. The second-order valence-electron chi connectivity index (χ2n) is 1.44. The van der Waals surface area contributed by atoms with E-state index >= 15 is 0 Å². The lowest BCUT2D eigenvalue weighted by molar-refractivity contribution is 0.146. The molecule has 0 unspecified atom stereocenters. The number of nitrogens with zero attached hydrogens (tertiary/aromatic N) is 1. The monoisotopic (exact) mass is 213 g/mol. The first-order chi connectivity index (χ1) is 5.11. The van der Waals surface area contributed by atoms with E-state index < -0.39 is 6.16 Å².